The number of hydroxylamine groups is 2. The lowest BCUT2D eigenvalue weighted by molar-refractivity contribution is -0.202. The molecule has 1 aromatic rings. The van der Waals surface area contributed by atoms with Gasteiger partial charge in [0.05, 0.1) is 0 Å². The molecule has 0 aromatic heterocycles. The highest BCUT2D eigenvalue weighted by Crippen LogP contribution is 2.22. The number of ether oxygens (including phenoxy) is 1. The van der Waals surface area contributed by atoms with E-state index in [1.165, 1.54) is 0 Å². The van der Waals surface area contributed by atoms with E-state index in [1.807, 2.05) is 26.0 Å². The van der Waals surface area contributed by atoms with Crippen LogP contribution in [0.5, 0.6) is 5.75 Å². The smallest absolute Gasteiger partial charge is 0.373 e. The molecular weight excluding hydrogens is 286 g/mol. The van der Waals surface area contributed by atoms with Gasteiger partial charge in [0, 0.05) is 12.8 Å². The predicted molar refractivity (Wildman–Crippen MR) is 77.8 cm³/mol. The van der Waals surface area contributed by atoms with Gasteiger partial charge in [-0.3, -0.25) is 9.59 Å². The van der Waals surface area contributed by atoms with Gasteiger partial charge in [0.2, 0.25) is 0 Å². The molecule has 1 saturated heterocycles. The number of carbonyl (C=O) groups is 3. The van der Waals surface area contributed by atoms with Crippen LogP contribution in [0.2, 0.25) is 0 Å². The van der Waals surface area contributed by atoms with Crippen LogP contribution >= 0.6 is 0 Å². The third-order valence-corrected chi connectivity index (χ3v) is 3.42. The van der Waals surface area contributed by atoms with Crippen molar-refractivity contribution in [3.8, 4) is 5.75 Å². The van der Waals surface area contributed by atoms with Crippen molar-refractivity contribution in [1.29, 1.82) is 0 Å². The number of hydrogen-bond acceptors (Lipinski definition) is 5. The molecule has 2 amide bonds. The summed E-state index contributed by atoms with van der Waals surface area (Å²) < 4.78 is 5.67. The molecular formula is C16H19NO5. The summed E-state index contributed by atoms with van der Waals surface area (Å²) in [5.74, 6) is -1.17. The molecule has 1 fully saturated rings. The second kappa shape index (κ2) is 6.60. The molecule has 1 aliphatic rings. The van der Waals surface area contributed by atoms with Gasteiger partial charge in [0.15, 0.2) is 6.10 Å². The minimum Gasteiger partial charge on any atom is -0.478 e. The van der Waals surface area contributed by atoms with Gasteiger partial charge in [-0.05, 0) is 31.9 Å². The highest BCUT2D eigenvalue weighted by atomic mass is 16.7. The Morgan fingerprint density at radius 1 is 1.23 bits per heavy atom. The number of rotatable bonds is 5. The first-order valence-electron chi connectivity index (χ1n) is 7.24. The molecule has 0 aliphatic carbocycles. The number of imide groups is 1. The van der Waals surface area contributed by atoms with E-state index in [9.17, 15) is 14.4 Å². The molecule has 6 nitrogen and oxygen atoms in total. The van der Waals surface area contributed by atoms with Crippen molar-refractivity contribution in [2.75, 3.05) is 0 Å². The van der Waals surface area contributed by atoms with Crippen LogP contribution in [0.4, 0.5) is 0 Å². The van der Waals surface area contributed by atoms with Gasteiger partial charge >= 0.3 is 5.97 Å². The number of nitrogens with zero attached hydrogens (tertiary/aromatic N) is 1. The lowest BCUT2D eigenvalue weighted by Crippen LogP contribution is -2.38. The molecule has 118 valence electrons. The minimum absolute atomic E-state index is 0.0703. The van der Waals surface area contributed by atoms with Gasteiger partial charge in [-0.2, -0.15) is 0 Å². The van der Waals surface area contributed by atoms with Gasteiger partial charge in [0.1, 0.15) is 5.75 Å². The Hall–Kier alpha value is -2.37. The van der Waals surface area contributed by atoms with Crippen LogP contribution in [0, 0.1) is 13.8 Å². The Bertz CT molecular complexity index is 595. The SMILES string of the molecule is CCC(Oc1ccc(C)cc1C)C(=O)ON1C(=O)CCC1=O. The molecule has 1 atom stereocenters. The van der Waals surface area contributed by atoms with E-state index in [1.54, 1.807) is 13.0 Å². The normalized spacial score (nSPS) is 15.9. The van der Waals surface area contributed by atoms with Crippen molar-refractivity contribution >= 4 is 17.8 Å². The average Bonchev–Trinajstić information content (AvgIpc) is 2.78. The monoisotopic (exact) mass is 305 g/mol. The highest BCUT2D eigenvalue weighted by molar-refractivity contribution is 6.01. The molecule has 0 radical (unpaired) electrons. The third kappa shape index (κ3) is 3.44. The van der Waals surface area contributed by atoms with E-state index < -0.39 is 23.9 Å². The Balaban J connectivity index is 2.06. The zero-order valence-corrected chi connectivity index (χ0v) is 12.9. The van der Waals surface area contributed by atoms with Gasteiger partial charge < -0.3 is 9.57 Å². The van der Waals surface area contributed by atoms with Crippen molar-refractivity contribution in [3.05, 3.63) is 29.3 Å². The zero-order valence-electron chi connectivity index (χ0n) is 12.9. The maximum atomic E-state index is 12.1. The topological polar surface area (TPSA) is 72.9 Å². The zero-order chi connectivity index (χ0) is 16.3. The van der Waals surface area contributed by atoms with Crippen molar-refractivity contribution in [3.63, 3.8) is 0 Å². The molecule has 22 heavy (non-hydrogen) atoms. The van der Waals surface area contributed by atoms with Crippen LogP contribution < -0.4 is 4.74 Å². The van der Waals surface area contributed by atoms with Gasteiger partial charge in [-0.1, -0.05) is 24.6 Å². The van der Waals surface area contributed by atoms with E-state index in [-0.39, 0.29) is 12.8 Å². The fourth-order valence-corrected chi connectivity index (χ4v) is 2.19. The summed E-state index contributed by atoms with van der Waals surface area (Å²) in [6.07, 6.45) is -0.369. The Morgan fingerprint density at radius 2 is 1.86 bits per heavy atom. The van der Waals surface area contributed by atoms with Gasteiger partial charge in [0.25, 0.3) is 11.8 Å². The molecule has 0 bridgehead atoms. The van der Waals surface area contributed by atoms with Crippen LogP contribution in [0.1, 0.15) is 37.3 Å². The van der Waals surface area contributed by atoms with E-state index in [0.29, 0.717) is 17.2 Å². The van der Waals surface area contributed by atoms with Crippen molar-refractivity contribution < 1.29 is 24.0 Å². The predicted octanol–water partition coefficient (Wildman–Crippen LogP) is 2.07. The fraction of sp³-hybridized carbons (Fsp3) is 0.438. The second-order valence-electron chi connectivity index (χ2n) is 5.28. The molecule has 0 saturated carbocycles. The van der Waals surface area contributed by atoms with Gasteiger partial charge in [-0.25, -0.2) is 4.79 Å². The summed E-state index contributed by atoms with van der Waals surface area (Å²) in [6.45, 7) is 5.62. The number of carbonyl (C=O) groups excluding carboxylic acids is 3. The van der Waals surface area contributed by atoms with Crippen LogP contribution in [-0.2, 0) is 19.2 Å². The summed E-state index contributed by atoms with van der Waals surface area (Å²) in [5, 5.41) is 0.538. The maximum Gasteiger partial charge on any atom is 0.373 e. The summed E-state index contributed by atoms with van der Waals surface area (Å²) in [7, 11) is 0. The molecule has 1 heterocycles. The standard InChI is InChI=1S/C16H19NO5/c1-4-12(21-13-6-5-10(2)9-11(13)3)16(20)22-17-14(18)7-8-15(17)19/h5-6,9,12H,4,7-8H2,1-3H3. The number of benzene rings is 1. The summed E-state index contributed by atoms with van der Waals surface area (Å²) in [4.78, 5) is 39.9. The van der Waals surface area contributed by atoms with Crippen LogP contribution in [0.25, 0.3) is 0 Å². The molecule has 0 spiro atoms. The van der Waals surface area contributed by atoms with Crippen molar-refractivity contribution in [2.24, 2.45) is 0 Å². The first kappa shape index (κ1) is 16.0. The summed E-state index contributed by atoms with van der Waals surface area (Å²) in [6, 6.07) is 5.61. The summed E-state index contributed by atoms with van der Waals surface area (Å²) in [5.41, 5.74) is 1.99. The van der Waals surface area contributed by atoms with E-state index in [0.717, 1.165) is 11.1 Å². The third-order valence-electron chi connectivity index (χ3n) is 3.42. The van der Waals surface area contributed by atoms with E-state index in [4.69, 9.17) is 9.57 Å². The van der Waals surface area contributed by atoms with Crippen LogP contribution in [-0.4, -0.2) is 29.0 Å². The quantitative estimate of drug-likeness (QED) is 0.779. The highest BCUT2D eigenvalue weighted by Gasteiger charge is 2.35. The Morgan fingerprint density at radius 3 is 2.41 bits per heavy atom. The Labute approximate surface area is 129 Å². The number of aryl methyl sites for hydroxylation is 2. The van der Waals surface area contributed by atoms with E-state index >= 15 is 0 Å². The van der Waals surface area contributed by atoms with Crippen molar-refractivity contribution in [1.82, 2.24) is 5.06 Å². The second-order valence-corrected chi connectivity index (χ2v) is 5.28. The molecule has 1 aromatic carbocycles. The molecule has 6 heteroatoms. The minimum atomic E-state index is -0.873. The van der Waals surface area contributed by atoms with Crippen LogP contribution in [0.3, 0.4) is 0 Å². The Kier molecular flexibility index (Phi) is 4.80. The van der Waals surface area contributed by atoms with Crippen molar-refractivity contribution in [2.45, 2.75) is 46.1 Å². The lowest BCUT2D eigenvalue weighted by atomic mass is 10.1. The van der Waals surface area contributed by atoms with Crippen LogP contribution in [0.15, 0.2) is 18.2 Å². The largest absolute Gasteiger partial charge is 0.478 e. The van der Waals surface area contributed by atoms with Gasteiger partial charge in [-0.15, -0.1) is 5.06 Å². The maximum absolute atomic E-state index is 12.1. The fourth-order valence-electron chi connectivity index (χ4n) is 2.19. The molecule has 1 unspecified atom stereocenters. The molecule has 0 N–H and O–H groups in total. The first-order valence-corrected chi connectivity index (χ1v) is 7.24. The van der Waals surface area contributed by atoms with E-state index in [2.05, 4.69) is 0 Å². The number of amides is 2. The molecule has 2 rings (SSSR count). The average molecular weight is 305 g/mol. The summed E-state index contributed by atoms with van der Waals surface area (Å²) >= 11 is 0. The lowest BCUT2D eigenvalue weighted by Gasteiger charge is -2.20. The first-order chi connectivity index (χ1) is 10.4. The molecule has 1 aliphatic heterocycles. The number of hydrogen-bond donors (Lipinski definition) is 0.